The lowest BCUT2D eigenvalue weighted by molar-refractivity contribution is -0.125. The molecule has 4 aromatic rings. The topological polar surface area (TPSA) is 81.8 Å². The lowest BCUT2D eigenvalue weighted by atomic mass is 10.1. The molecule has 1 N–H and O–H groups in total. The number of nitrogens with zero attached hydrogens (tertiary/aromatic N) is 4. The largest absolute Gasteiger partial charge is 0.350 e. The number of benzene rings is 2. The maximum Gasteiger partial charge on any atom is 0.278 e. The molecular formula is C24H24FN5O2. The second-order valence-corrected chi connectivity index (χ2v) is 7.66. The van der Waals surface area contributed by atoms with Gasteiger partial charge in [0.05, 0.1) is 22.5 Å². The van der Waals surface area contributed by atoms with Crippen LogP contribution in [0.2, 0.25) is 0 Å². The molecule has 7 nitrogen and oxygen atoms in total. The van der Waals surface area contributed by atoms with Crippen molar-refractivity contribution in [1.82, 2.24) is 24.9 Å². The highest BCUT2D eigenvalue weighted by Crippen LogP contribution is 2.21. The highest BCUT2D eigenvalue weighted by Gasteiger charge is 2.25. The first-order valence-electron chi connectivity index (χ1n) is 10.5. The molecule has 4 rings (SSSR count). The van der Waals surface area contributed by atoms with Gasteiger partial charge >= 0.3 is 0 Å². The molecule has 164 valence electrons. The highest BCUT2D eigenvalue weighted by atomic mass is 19.1. The Morgan fingerprint density at radius 2 is 1.75 bits per heavy atom. The second-order valence-electron chi connectivity index (χ2n) is 7.66. The van der Waals surface area contributed by atoms with Crippen molar-refractivity contribution in [1.29, 1.82) is 0 Å². The SMILES string of the molecule is CC[C@@H](C(=O)NCc1ccc(F)cc1)n1nc(C)c2nn(-c3ccccc3)c(C)c2c1=O. The second kappa shape index (κ2) is 8.74. The van der Waals surface area contributed by atoms with Crippen LogP contribution in [0.3, 0.4) is 0 Å². The molecule has 0 unspecified atom stereocenters. The van der Waals surface area contributed by atoms with Crippen molar-refractivity contribution in [3.8, 4) is 5.69 Å². The van der Waals surface area contributed by atoms with Crippen LogP contribution in [0.15, 0.2) is 59.4 Å². The number of carbonyl (C=O) groups excluding carboxylic acids is 1. The quantitative estimate of drug-likeness (QED) is 0.504. The summed E-state index contributed by atoms with van der Waals surface area (Å²) in [6.07, 6.45) is 0.388. The van der Waals surface area contributed by atoms with Crippen LogP contribution >= 0.6 is 0 Å². The molecule has 2 aromatic carbocycles. The lowest BCUT2D eigenvalue weighted by Gasteiger charge is -2.17. The van der Waals surface area contributed by atoms with Crippen molar-refractivity contribution in [2.45, 2.75) is 39.8 Å². The fourth-order valence-electron chi connectivity index (χ4n) is 3.79. The number of rotatable bonds is 6. The van der Waals surface area contributed by atoms with Crippen LogP contribution < -0.4 is 10.9 Å². The molecule has 2 aromatic heterocycles. The Bertz CT molecular complexity index is 1330. The first kappa shape index (κ1) is 21.4. The Labute approximate surface area is 184 Å². The fourth-order valence-corrected chi connectivity index (χ4v) is 3.79. The number of amides is 1. The molecule has 0 fully saturated rings. The lowest BCUT2D eigenvalue weighted by Crippen LogP contribution is -2.38. The van der Waals surface area contributed by atoms with Crippen LogP contribution in [0.5, 0.6) is 0 Å². The van der Waals surface area contributed by atoms with E-state index in [1.165, 1.54) is 16.8 Å². The van der Waals surface area contributed by atoms with E-state index in [1.54, 1.807) is 23.7 Å². The summed E-state index contributed by atoms with van der Waals surface area (Å²) < 4.78 is 16.1. The average Bonchev–Trinajstić information content (AvgIpc) is 3.16. The minimum Gasteiger partial charge on any atom is -0.350 e. The first-order valence-corrected chi connectivity index (χ1v) is 10.5. The molecule has 32 heavy (non-hydrogen) atoms. The van der Waals surface area contributed by atoms with Crippen LogP contribution in [0.1, 0.15) is 36.3 Å². The Hall–Kier alpha value is -3.81. The third-order valence-corrected chi connectivity index (χ3v) is 5.50. The summed E-state index contributed by atoms with van der Waals surface area (Å²) in [5.74, 6) is -0.657. The maximum absolute atomic E-state index is 13.4. The number of aromatic nitrogens is 4. The predicted molar refractivity (Wildman–Crippen MR) is 120 cm³/mol. The fraction of sp³-hybridized carbons (Fsp3) is 0.250. The van der Waals surface area contributed by atoms with E-state index in [4.69, 9.17) is 0 Å². The van der Waals surface area contributed by atoms with Gasteiger partial charge in [-0.2, -0.15) is 10.2 Å². The minimum absolute atomic E-state index is 0.233. The number of aryl methyl sites for hydroxylation is 2. The number of halogens is 1. The van der Waals surface area contributed by atoms with Crippen molar-refractivity contribution in [3.05, 3.63) is 87.7 Å². The van der Waals surface area contributed by atoms with E-state index in [9.17, 15) is 14.0 Å². The summed E-state index contributed by atoms with van der Waals surface area (Å²) in [4.78, 5) is 26.3. The molecule has 1 atom stereocenters. The summed E-state index contributed by atoms with van der Waals surface area (Å²) in [6.45, 7) is 5.68. The average molecular weight is 433 g/mol. The van der Waals surface area contributed by atoms with Gasteiger partial charge in [0.1, 0.15) is 17.4 Å². The molecule has 0 saturated heterocycles. The number of carbonyl (C=O) groups is 1. The van der Waals surface area contributed by atoms with Gasteiger partial charge in [0, 0.05) is 6.54 Å². The first-order chi connectivity index (χ1) is 15.4. The van der Waals surface area contributed by atoms with Gasteiger partial charge in [0.25, 0.3) is 5.56 Å². The van der Waals surface area contributed by atoms with Gasteiger partial charge in [0.2, 0.25) is 5.91 Å². The van der Waals surface area contributed by atoms with Crippen LogP contribution in [-0.2, 0) is 11.3 Å². The Morgan fingerprint density at radius 1 is 1.06 bits per heavy atom. The maximum atomic E-state index is 13.4. The van der Waals surface area contributed by atoms with Crippen molar-refractivity contribution >= 4 is 16.8 Å². The number of para-hydroxylation sites is 1. The Morgan fingerprint density at radius 3 is 2.41 bits per heavy atom. The smallest absolute Gasteiger partial charge is 0.278 e. The molecular weight excluding hydrogens is 409 g/mol. The van der Waals surface area contributed by atoms with Crippen LogP contribution in [0, 0.1) is 19.7 Å². The zero-order valence-electron chi connectivity index (χ0n) is 18.2. The summed E-state index contributed by atoms with van der Waals surface area (Å²) in [5.41, 5.74) is 3.04. The normalized spacial score (nSPS) is 12.1. The Kier molecular flexibility index (Phi) is 5.85. The van der Waals surface area contributed by atoms with Gasteiger partial charge in [-0.3, -0.25) is 9.59 Å². The van der Waals surface area contributed by atoms with Crippen LogP contribution in [-0.4, -0.2) is 25.5 Å². The van der Waals surface area contributed by atoms with Crippen molar-refractivity contribution in [2.75, 3.05) is 0 Å². The van der Waals surface area contributed by atoms with E-state index in [0.717, 1.165) is 11.3 Å². The van der Waals surface area contributed by atoms with Crippen molar-refractivity contribution in [2.24, 2.45) is 0 Å². The molecule has 0 bridgehead atoms. The van der Waals surface area contributed by atoms with Gasteiger partial charge in [-0.05, 0) is 50.1 Å². The van der Waals surface area contributed by atoms with E-state index in [0.29, 0.717) is 28.7 Å². The highest BCUT2D eigenvalue weighted by molar-refractivity contribution is 5.84. The Balaban J connectivity index is 1.70. The molecule has 0 aliphatic heterocycles. The summed E-state index contributed by atoms with van der Waals surface area (Å²) in [6, 6.07) is 14.7. The molecule has 0 saturated carbocycles. The predicted octanol–water partition coefficient (Wildman–Crippen LogP) is 3.61. The van der Waals surface area contributed by atoms with E-state index in [1.807, 2.05) is 44.2 Å². The van der Waals surface area contributed by atoms with Crippen molar-refractivity contribution < 1.29 is 9.18 Å². The molecule has 0 radical (unpaired) electrons. The van der Waals surface area contributed by atoms with E-state index >= 15 is 0 Å². The van der Waals surface area contributed by atoms with Gasteiger partial charge in [-0.25, -0.2) is 13.8 Å². The molecule has 8 heteroatoms. The number of fused-ring (bicyclic) bond motifs is 1. The number of hydrogen-bond acceptors (Lipinski definition) is 4. The standard InChI is InChI=1S/C24H24FN5O2/c1-4-20(23(31)26-14-17-10-12-18(25)13-11-17)30-24(32)21-16(3)29(19-8-6-5-7-9-19)28-22(21)15(2)27-30/h5-13,20H,4,14H2,1-3H3,(H,26,31)/t20-/m0/s1. The molecule has 0 spiro atoms. The summed E-state index contributed by atoms with van der Waals surface area (Å²) >= 11 is 0. The van der Waals surface area contributed by atoms with E-state index in [2.05, 4.69) is 15.5 Å². The molecule has 0 aliphatic carbocycles. The van der Waals surface area contributed by atoms with Gasteiger partial charge in [0.15, 0.2) is 0 Å². The molecule has 0 aliphatic rings. The van der Waals surface area contributed by atoms with Crippen LogP contribution in [0.25, 0.3) is 16.6 Å². The van der Waals surface area contributed by atoms with Gasteiger partial charge in [-0.1, -0.05) is 37.3 Å². The third-order valence-electron chi connectivity index (χ3n) is 5.50. The zero-order valence-corrected chi connectivity index (χ0v) is 18.2. The monoisotopic (exact) mass is 433 g/mol. The minimum atomic E-state index is -0.773. The summed E-state index contributed by atoms with van der Waals surface area (Å²) in [7, 11) is 0. The third kappa shape index (κ3) is 3.91. The summed E-state index contributed by atoms with van der Waals surface area (Å²) in [5, 5.41) is 12.3. The van der Waals surface area contributed by atoms with Crippen molar-refractivity contribution in [3.63, 3.8) is 0 Å². The van der Waals surface area contributed by atoms with Gasteiger partial charge in [-0.15, -0.1) is 0 Å². The van der Waals surface area contributed by atoms with E-state index in [-0.39, 0.29) is 23.8 Å². The zero-order chi connectivity index (χ0) is 22.8. The van der Waals surface area contributed by atoms with Crippen LogP contribution in [0.4, 0.5) is 4.39 Å². The molecule has 1 amide bonds. The molecule has 2 heterocycles. The number of nitrogens with one attached hydrogen (secondary N) is 1. The van der Waals surface area contributed by atoms with Gasteiger partial charge < -0.3 is 5.32 Å². The van der Waals surface area contributed by atoms with E-state index < -0.39 is 6.04 Å². The number of hydrogen-bond donors (Lipinski definition) is 1.